The first-order chi connectivity index (χ1) is 10.5. The minimum atomic E-state index is -0.833. The molecule has 0 fully saturated rings. The Morgan fingerprint density at radius 2 is 1.59 bits per heavy atom. The molecule has 0 aliphatic rings. The first-order valence-corrected chi connectivity index (χ1v) is 6.76. The van der Waals surface area contributed by atoms with Gasteiger partial charge in [-0.1, -0.05) is 24.3 Å². The fourth-order valence-electron chi connectivity index (χ4n) is 2.10. The lowest BCUT2D eigenvalue weighted by Gasteiger charge is -2.14. The third kappa shape index (κ3) is 4.08. The average molecular weight is 309 g/mol. The number of amides is 1. The van der Waals surface area contributed by atoms with Crippen LogP contribution in [-0.4, -0.2) is 19.5 Å². The number of benzene rings is 2. The van der Waals surface area contributed by atoms with E-state index in [1.54, 1.807) is 25.2 Å². The molecule has 2 aromatic carbocycles. The molecule has 0 bridgehead atoms. The lowest BCUT2D eigenvalue weighted by Crippen LogP contribution is -3.08. The van der Waals surface area contributed by atoms with Gasteiger partial charge in [0.2, 0.25) is 0 Å². The number of carbonyl (C=O) groups is 1. The largest absolute Gasteiger partial charge is 0.326 e. The molecule has 0 heterocycles. The minimum Gasteiger partial charge on any atom is -0.326 e. The van der Waals surface area contributed by atoms with Gasteiger partial charge < -0.3 is 10.2 Å². The maximum atomic E-state index is 13.5. The summed E-state index contributed by atoms with van der Waals surface area (Å²) in [6.45, 7) is 0.252. The van der Waals surface area contributed by atoms with Gasteiger partial charge in [0.25, 0.3) is 5.91 Å². The Bertz CT molecular complexity index is 656. The van der Waals surface area contributed by atoms with Gasteiger partial charge in [0, 0.05) is 5.56 Å². The summed E-state index contributed by atoms with van der Waals surface area (Å²) in [4.78, 5) is 12.5. The molecule has 0 saturated carbocycles. The number of rotatable bonds is 5. The highest BCUT2D eigenvalue weighted by atomic mass is 19.1. The monoisotopic (exact) mass is 309 g/mol. The molecule has 1 unspecified atom stereocenters. The second-order valence-corrected chi connectivity index (χ2v) is 5.05. The van der Waals surface area contributed by atoms with Crippen molar-refractivity contribution >= 4 is 11.6 Å². The maximum Gasteiger partial charge on any atom is 0.279 e. The van der Waals surface area contributed by atoms with Crippen molar-refractivity contribution < 1.29 is 22.9 Å². The molecule has 1 amide bonds. The maximum absolute atomic E-state index is 13.5. The molecular formula is C16H16F3N2O+. The zero-order valence-corrected chi connectivity index (χ0v) is 12.0. The summed E-state index contributed by atoms with van der Waals surface area (Å²) in [5.41, 5.74) is 0.0102. The molecule has 1 atom stereocenters. The van der Waals surface area contributed by atoms with Crippen LogP contribution in [0.5, 0.6) is 0 Å². The van der Waals surface area contributed by atoms with Gasteiger partial charge in [0.15, 0.2) is 6.54 Å². The van der Waals surface area contributed by atoms with Crippen molar-refractivity contribution in [3.63, 3.8) is 0 Å². The van der Waals surface area contributed by atoms with E-state index in [1.807, 2.05) is 0 Å². The SMILES string of the molecule is C[NH+](CC(=O)Nc1c(F)cccc1F)Cc1ccccc1F. The van der Waals surface area contributed by atoms with E-state index >= 15 is 0 Å². The van der Waals surface area contributed by atoms with Crippen molar-refractivity contribution in [3.8, 4) is 0 Å². The first kappa shape index (κ1) is 16.0. The number of carbonyl (C=O) groups excluding carboxylic acids is 1. The highest BCUT2D eigenvalue weighted by molar-refractivity contribution is 5.91. The molecular weight excluding hydrogens is 293 g/mol. The van der Waals surface area contributed by atoms with Crippen molar-refractivity contribution in [3.05, 3.63) is 65.5 Å². The molecule has 0 aliphatic heterocycles. The smallest absolute Gasteiger partial charge is 0.279 e. The number of nitrogens with one attached hydrogen (secondary N) is 2. The lowest BCUT2D eigenvalue weighted by molar-refractivity contribution is -0.885. The van der Waals surface area contributed by atoms with E-state index in [0.29, 0.717) is 17.0 Å². The van der Waals surface area contributed by atoms with Crippen molar-refractivity contribution in [2.24, 2.45) is 0 Å². The van der Waals surface area contributed by atoms with Crippen LogP contribution in [0, 0.1) is 17.5 Å². The van der Waals surface area contributed by atoms with E-state index < -0.39 is 23.2 Å². The lowest BCUT2D eigenvalue weighted by atomic mass is 10.2. The molecule has 6 heteroatoms. The third-order valence-electron chi connectivity index (χ3n) is 3.14. The molecule has 2 N–H and O–H groups in total. The summed E-state index contributed by atoms with van der Waals surface area (Å²) < 4.78 is 40.4. The Hall–Kier alpha value is -2.34. The van der Waals surface area contributed by atoms with Crippen LogP contribution in [0.1, 0.15) is 5.56 Å². The van der Waals surface area contributed by atoms with Crippen LogP contribution in [0.2, 0.25) is 0 Å². The molecule has 0 saturated heterocycles. The molecule has 0 spiro atoms. The molecule has 2 rings (SSSR count). The first-order valence-electron chi connectivity index (χ1n) is 6.76. The summed E-state index contributed by atoms with van der Waals surface area (Å²) in [6, 6.07) is 9.62. The molecule has 3 nitrogen and oxygen atoms in total. The summed E-state index contributed by atoms with van der Waals surface area (Å²) in [6.07, 6.45) is 0. The van der Waals surface area contributed by atoms with E-state index in [1.165, 1.54) is 12.1 Å². The van der Waals surface area contributed by atoms with E-state index in [2.05, 4.69) is 5.32 Å². The minimum absolute atomic E-state index is 0.0396. The predicted molar refractivity (Wildman–Crippen MR) is 76.8 cm³/mol. The van der Waals surface area contributed by atoms with E-state index in [9.17, 15) is 18.0 Å². The van der Waals surface area contributed by atoms with Gasteiger partial charge in [-0.3, -0.25) is 4.79 Å². The van der Waals surface area contributed by atoms with Crippen molar-refractivity contribution in [1.29, 1.82) is 0 Å². The zero-order valence-electron chi connectivity index (χ0n) is 12.0. The van der Waals surface area contributed by atoms with Gasteiger partial charge in [0.1, 0.15) is 29.7 Å². The van der Waals surface area contributed by atoms with Crippen LogP contribution in [0.15, 0.2) is 42.5 Å². The van der Waals surface area contributed by atoms with E-state index in [0.717, 1.165) is 12.1 Å². The van der Waals surface area contributed by atoms with Crippen LogP contribution in [0.3, 0.4) is 0 Å². The van der Waals surface area contributed by atoms with Crippen LogP contribution >= 0.6 is 0 Å². The summed E-state index contributed by atoms with van der Waals surface area (Å²) in [5.74, 6) is -2.56. The second-order valence-electron chi connectivity index (χ2n) is 5.05. The number of hydrogen-bond donors (Lipinski definition) is 2. The molecule has 0 radical (unpaired) electrons. The third-order valence-corrected chi connectivity index (χ3v) is 3.14. The normalized spacial score (nSPS) is 12.0. The van der Waals surface area contributed by atoms with E-state index in [4.69, 9.17) is 0 Å². The highest BCUT2D eigenvalue weighted by Crippen LogP contribution is 2.17. The Morgan fingerprint density at radius 1 is 1.00 bits per heavy atom. The summed E-state index contributed by atoms with van der Waals surface area (Å²) >= 11 is 0. The van der Waals surface area contributed by atoms with Gasteiger partial charge in [-0.15, -0.1) is 0 Å². The number of para-hydroxylation sites is 1. The van der Waals surface area contributed by atoms with Crippen LogP contribution in [0.25, 0.3) is 0 Å². The molecule has 0 aliphatic carbocycles. The van der Waals surface area contributed by atoms with Crippen molar-refractivity contribution in [2.75, 3.05) is 18.9 Å². The van der Waals surface area contributed by atoms with Gasteiger partial charge in [-0.05, 0) is 18.2 Å². The Morgan fingerprint density at radius 3 is 2.23 bits per heavy atom. The predicted octanol–water partition coefficient (Wildman–Crippen LogP) is 1.76. The van der Waals surface area contributed by atoms with Crippen LogP contribution in [0.4, 0.5) is 18.9 Å². The van der Waals surface area contributed by atoms with Crippen molar-refractivity contribution in [2.45, 2.75) is 6.54 Å². The average Bonchev–Trinajstić information content (AvgIpc) is 2.45. The fraction of sp³-hybridized carbons (Fsp3) is 0.188. The molecule has 116 valence electrons. The van der Waals surface area contributed by atoms with Gasteiger partial charge in [-0.2, -0.15) is 0 Å². The number of anilines is 1. The summed E-state index contributed by atoms with van der Waals surface area (Å²) in [5, 5.41) is 2.21. The standard InChI is InChI=1S/C16H15F3N2O/c1-21(9-11-5-2-3-6-12(11)17)10-15(22)20-16-13(18)7-4-8-14(16)19/h2-8H,9-10H2,1H3,(H,20,22)/p+1. The second kappa shape index (κ2) is 7.09. The molecule has 2 aromatic rings. The van der Waals surface area contributed by atoms with Crippen molar-refractivity contribution in [1.82, 2.24) is 0 Å². The number of hydrogen-bond acceptors (Lipinski definition) is 1. The number of quaternary nitrogens is 1. The van der Waals surface area contributed by atoms with Crippen LogP contribution in [-0.2, 0) is 11.3 Å². The molecule has 0 aromatic heterocycles. The van der Waals surface area contributed by atoms with Gasteiger partial charge in [-0.25, -0.2) is 13.2 Å². The topological polar surface area (TPSA) is 33.5 Å². The zero-order chi connectivity index (χ0) is 16.1. The Kier molecular flexibility index (Phi) is 5.16. The van der Waals surface area contributed by atoms with E-state index in [-0.39, 0.29) is 12.4 Å². The van der Waals surface area contributed by atoms with Gasteiger partial charge >= 0.3 is 0 Å². The Balaban J connectivity index is 1.96. The molecule has 22 heavy (non-hydrogen) atoms. The highest BCUT2D eigenvalue weighted by Gasteiger charge is 2.16. The number of likely N-dealkylation sites (N-methyl/N-ethyl adjacent to an activating group) is 1. The number of halogens is 3. The quantitative estimate of drug-likeness (QED) is 0.867. The fourth-order valence-corrected chi connectivity index (χ4v) is 2.10. The Labute approximate surface area is 126 Å². The summed E-state index contributed by atoms with van der Waals surface area (Å²) in [7, 11) is 1.70. The van der Waals surface area contributed by atoms with Gasteiger partial charge in [0.05, 0.1) is 7.05 Å². The van der Waals surface area contributed by atoms with Crippen LogP contribution < -0.4 is 10.2 Å².